The molecule has 1 atom stereocenters. The van der Waals surface area contributed by atoms with Gasteiger partial charge in [0.25, 0.3) is 0 Å². The molecule has 0 saturated heterocycles. The Morgan fingerprint density at radius 3 is 2.69 bits per heavy atom. The Balaban J connectivity index is 3.42. The van der Waals surface area contributed by atoms with Crippen LogP contribution in [0, 0.1) is 0 Å². The summed E-state index contributed by atoms with van der Waals surface area (Å²) in [5.74, 6) is -0.734. The number of hydrogen-bond donors (Lipinski definition) is 3. The number of rotatable bonds is 8. The summed E-state index contributed by atoms with van der Waals surface area (Å²) >= 11 is 2.01. The second-order valence-corrected chi connectivity index (χ2v) is 3.63. The van der Waals surface area contributed by atoms with Gasteiger partial charge in [0.15, 0.2) is 0 Å². The monoisotopic (exact) mass is 300 g/mol. The summed E-state index contributed by atoms with van der Waals surface area (Å²) in [4.78, 5) is 10.4. The van der Waals surface area contributed by atoms with Crippen LogP contribution in [0.5, 0.6) is 0 Å². The minimum Gasteiger partial charge on any atom is -0.481 e. The van der Waals surface area contributed by atoms with Crippen LogP contribution in [0.2, 0.25) is 0 Å². The molecule has 0 amide bonds. The Morgan fingerprint density at radius 1 is 1.54 bits per heavy atom. The Bertz CT molecular complexity index is 144. The SMILES string of the molecule is CNCCCCC(CC(=O)O)NI. The Morgan fingerprint density at radius 2 is 2.23 bits per heavy atom. The van der Waals surface area contributed by atoms with Gasteiger partial charge in [-0.2, -0.15) is 0 Å². The quantitative estimate of drug-likeness (QED) is 0.358. The summed E-state index contributed by atoms with van der Waals surface area (Å²) in [6, 6.07) is 0.106. The van der Waals surface area contributed by atoms with Gasteiger partial charge in [0.2, 0.25) is 0 Å². The first kappa shape index (κ1) is 13.1. The van der Waals surface area contributed by atoms with E-state index in [0.29, 0.717) is 0 Å². The molecule has 3 N–H and O–H groups in total. The van der Waals surface area contributed by atoms with Gasteiger partial charge in [-0.3, -0.25) is 8.32 Å². The molecule has 0 spiro atoms. The first-order chi connectivity index (χ1) is 6.20. The van der Waals surface area contributed by atoms with Gasteiger partial charge in [0.1, 0.15) is 0 Å². The maximum absolute atomic E-state index is 10.4. The van der Waals surface area contributed by atoms with Crippen molar-refractivity contribution < 1.29 is 9.90 Å². The van der Waals surface area contributed by atoms with E-state index in [0.717, 1.165) is 25.8 Å². The van der Waals surface area contributed by atoms with E-state index in [1.807, 2.05) is 29.9 Å². The van der Waals surface area contributed by atoms with Gasteiger partial charge in [0.05, 0.1) is 6.42 Å². The Kier molecular flexibility index (Phi) is 8.79. The Labute approximate surface area is 93.0 Å². The maximum Gasteiger partial charge on any atom is 0.304 e. The van der Waals surface area contributed by atoms with Crippen LogP contribution in [0.4, 0.5) is 0 Å². The summed E-state index contributed by atoms with van der Waals surface area (Å²) in [5, 5.41) is 11.6. The zero-order valence-corrected chi connectivity index (χ0v) is 10.0. The highest BCUT2D eigenvalue weighted by atomic mass is 127. The molecule has 0 heterocycles. The third-order valence-corrected chi connectivity index (χ3v) is 2.69. The van der Waals surface area contributed by atoms with Crippen LogP contribution in [0.3, 0.4) is 0 Å². The van der Waals surface area contributed by atoms with Crippen molar-refractivity contribution in [3.63, 3.8) is 0 Å². The van der Waals surface area contributed by atoms with Gasteiger partial charge >= 0.3 is 5.97 Å². The highest BCUT2D eigenvalue weighted by Crippen LogP contribution is 2.05. The minimum atomic E-state index is -0.734. The van der Waals surface area contributed by atoms with Crippen molar-refractivity contribution in [2.45, 2.75) is 31.7 Å². The molecule has 0 rings (SSSR count). The van der Waals surface area contributed by atoms with Crippen LogP contribution >= 0.6 is 22.9 Å². The zero-order chi connectivity index (χ0) is 10.1. The summed E-state index contributed by atoms with van der Waals surface area (Å²) in [6.45, 7) is 1.00. The molecule has 0 aromatic carbocycles. The summed E-state index contributed by atoms with van der Waals surface area (Å²) in [5.41, 5.74) is 0. The maximum atomic E-state index is 10.4. The smallest absolute Gasteiger partial charge is 0.304 e. The summed E-state index contributed by atoms with van der Waals surface area (Å²) in [7, 11) is 1.92. The van der Waals surface area contributed by atoms with Gasteiger partial charge in [-0.15, -0.1) is 0 Å². The van der Waals surface area contributed by atoms with Crippen LogP contribution in [0.25, 0.3) is 0 Å². The molecule has 5 heteroatoms. The average molecular weight is 300 g/mol. The predicted molar refractivity (Wildman–Crippen MR) is 61.0 cm³/mol. The van der Waals surface area contributed by atoms with Gasteiger partial charge < -0.3 is 10.4 Å². The van der Waals surface area contributed by atoms with E-state index in [1.165, 1.54) is 0 Å². The summed E-state index contributed by atoms with van der Waals surface area (Å²) in [6.07, 6.45) is 3.30. The number of halogens is 1. The highest BCUT2D eigenvalue weighted by molar-refractivity contribution is 14.1. The van der Waals surface area contributed by atoms with E-state index < -0.39 is 5.97 Å². The lowest BCUT2D eigenvalue weighted by Crippen LogP contribution is -2.24. The predicted octanol–water partition coefficient (Wildman–Crippen LogP) is 1.16. The lowest BCUT2D eigenvalue weighted by Gasteiger charge is -2.11. The third kappa shape index (κ3) is 8.45. The second-order valence-electron chi connectivity index (χ2n) is 3.00. The van der Waals surface area contributed by atoms with Crippen molar-refractivity contribution >= 4 is 28.8 Å². The van der Waals surface area contributed by atoms with Gasteiger partial charge in [-0.25, -0.2) is 0 Å². The number of nitrogens with one attached hydrogen (secondary N) is 2. The van der Waals surface area contributed by atoms with E-state index in [1.54, 1.807) is 0 Å². The third-order valence-electron chi connectivity index (χ3n) is 1.80. The Hall–Kier alpha value is 0.120. The van der Waals surface area contributed by atoms with Crippen molar-refractivity contribution in [1.29, 1.82) is 0 Å². The first-order valence-corrected chi connectivity index (χ1v) is 5.51. The van der Waals surface area contributed by atoms with E-state index in [2.05, 4.69) is 8.85 Å². The topological polar surface area (TPSA) is 61.4 Å². The van der Waals surface area contributed by atoms with Crippen molar-refractivity contribution in [3.05, 3.63) is 0 Å². The molecule has 0 saturated carbocycles. The molecule has 0 aromatic heterocycles. The van der Waals surface area contributed by atoms with Crippen LogP contribution < -0.4 is 8.85 Å². The molecule has 78 valence electrons. The zero-order valence-electron chi connectivity index (χ0n) is 7.85. The molecule has 4 nitrogen and oxygen atoms in total. The fourth-order valence-electron chi connectivity index (χ4n) is 1.10. The van der Waals surface area contributed by atoms with Crippen LogP contribution in [0.15, 0.2) is 0 Å². The highest BCUT2D eigenvalue weighted by Gasteiger charge is 2.10. The lowest BCUT2D eigenvalue weighted by molar-refractivity contribution is -0.137. The molecule has 13 heavy (non-hydrogen) atoms. The van der Waals surface area contributed by atoms with Crippen LogP contribution in [-0.2, 0) is 4.79 Å². The van der Waals surface area contributed by atoms with Crippen LogP contribution in [-0.4, -0.2) is 30.7 Å². The lowest BCUT2D eigenvalue weighted by atomic mass is 10.1. The first-order valence-electron chi connectivity index (χ1n) is 4.43. The number of hydrogen-bond acceptors (Lipinski definition) is 3. The van der Waals surface area contributed by atoms with E-state index in [9.17, 15) is 4.79 Å². The molecular weight excluding hydrogens is 283 g/mol. The minimum absolute atomic E-state index is 0.106. The second kappa shape index (κ2) is 8.71. The fourth-order valence-corrected chi connectivity index (χ4v) is 1.63. The molecule has 0 aliphatic rings. The van der Waals surface area contributed by atoms with Crippen molar-refractivity contribution in [2.75, 3.05) is 13.6 Å². The van der Waals surface area contributed by atoms with Crippen molar-refractivity contribution in [1.82, 2.24) is 8.85 Å². The normalized spacial score (nSPS) is 12.8. The molecule has 0 aromatic rings. The molecular formula is C8H17IN2O2. The van der Waals surface area contributed by atoms with Gasteiger partial charge in [0, 0.05) is 28.9 Å². The number of carboxylic acid groups (broad SMARTS) is 1. The van der Waals surface area contributed by atoms with E-state index in [4.69, 9.17) is 5.11 Å². The van der Waals surface area contributed by atoms with Gasteiger partial charge in [-0.1, -0.05) is 6.42 Å². The molecule has 0 radical (unpaired) electrons. The van der Waals surface area contributed by atoms with Crippen molar-refractivity contribution in [3.8, 4) is 0 Å². The molecule has 0 fully saturated rings. The fraction of sp³-hybridized carbons (Fsp3) is 0.875. The molecule has 1 unspecified atom stereocenters. The summed E-state index contributed by atoms with van der Waals surface area (Å²) < 4.78 is 2.98. The number of carbonyl (C=O) groups is 1. The number of carboxylic acids is 1. The molecule has 0 aliphatic carbocycles. The largest absolute Gasteiger partial charge is 0.481 e. The molecule has 0 bridgehead atoms. The standard InChI is InChI=1S/C8H17IN2O2/c1-10-5-3-2-4-7(11-9)6-8(12)13/h7,10-11H,2-6H2,1H3,(H,12,13). The average Bonchev–Trinajstić information content (AvgIpc) is 2.09. The van der Waals surface area contributed by atoms with E-state index >= 15 is 0 Å². The van der Waals surface area contributed by atoms with E-state index in [-0.39, 0.29) is 12.5 Å². The molecule has 0 aliphatic heterocycles. The number of aliphatic carboxylic acids is 1. The van der Waals surface area contributed by atoms with Crippen molar-refractivity contribution in [2.24, 2.45) is 0 Å². The number of unbranched alkanes of at least 4 members (excludes halogenated alkanes) is 1. The van der Waals surface area contributed by atoms with Crippen LogP contribution in [0.1, 0.15) is 25.7 Å². The van der Waals surface area contributed by atoms with Gasteiger partial charge in [-0.05, 0) is 26.4 Å².